The number of amides is 1. The lowest BCUT2D eigenvalue weighted by molar-refractivity contribution is -0.121. The molecule has 1 aliphatic carbocycles. The van der Waals surface area contributed by atoms with Gasteiger partial charge >= 0.3 is 0 Å². The molecule has 28 heavy (non-hydrogen) atoms. The van der Waals surface area contributed by atoms with Crippen LogP contribution < -0.4 is 4.90 Å². The Morgan fingerprint density at radius 1 is 1.29 bits per heavy atom. The molecule has 1 N–H and O–H groups in total. The summed E-state index contributed by atoms with van der Waals surface area (Å²) in [5, 5.41) is 15.9. The molecule has 8 heteroatoms. The lowest BCUT2D eigenvalue weighted by Crippen LogP contribution is -2.34. The van der Waals surface area contributed by atoms with Gasteiger partial charge in [0.1, 0.15) is 5.15 Å². The Bertz CT molecular complexity index is 1050. The van der Waals surface area contributed by atoms with Gasteiger partial charge in [-0.3, -0.25) is 14.8 Å². The highest BCUT2D eigenvalue weighted by molar-refractivity contribution is 6.29. The number of aromatic nitrogens is 5. The van der Waals surface area contributed by atoms with E-state index in [1.54, 1.807) is 18.5 Å². The van der Waals surface area contributed by atoms with Gasteiger partial charge in [-0.15, -0.1) is 0 Å². The summed E-state index contributed by atoms with van der Waals surface area (Å²) >= 11 is 5.88. The van der Waals surface area contributed by atoms with Crippen LogP contribution in [-0.4, -0.2) is 37.3 Å². The largest absolute Gasteiger partial charge is 0.291 e. The summed E-state index contributed by atoms with van der Waals surface area (Å²) in [5.74, 6) is 1.57. The SMILES string of the molecule is Cc1nnccc1-c1cc(N2C(=O)[C@H](Cc3ccc(Cl)nc3)[C@@H]3[C@H](C)[C@@H]32)n[nH]1. The molecule has 2 aliphatic rings. The summed E-state index contributed by atoms with van der Waals surface area (Å²) < 4.78 is 0. The molecular weight excluding hydrogens is 376 g/mol. The molecule has 1 saturated carbocycles. The van der Waals surface area contributed by atoms with Crippen LogP contribution in [0.25, 0.3) is 11.3 Å². The lowest BCUT2D eigenvalue weighted by atomic mass is 9.95. The molecule has 0 radical (unpaired) electrons. The maximum atomic E-state index is 13.2. The number of carbonyl (C=O) groups is 1. The number of hydrogen-bond donors (Lipinski definition) is 1. The first-order valence-corrected chi connectivity index (χ1v) is 9.70. The molecule has 1 amide bonds. The molecule has 5 rings (SSSR count). The number of halogens is 1. The summed E-state index contributed by atoms with van der Waals surface area (Å²) in [4.78, 5) is 19.2. The van der Waals surface area contributed by atoms with Gasteiger partial charge in [0, 0.05) is 29.8 Å². The van der Waals surface area contributed by atoms with Crippen molar-refractivity contribution >= 4 is 23.3 Å². The number of nitrogens with zero attached hydrogens (tertiary/aromatic N) is 5. The number of anilines is 1. The minimum atomic E-state index is -0.0487. The maximum Gasteiger partial charge on any atom is 0.232 e. The highest BCUT2D eigenvalue weighted by Crippen LogP contribution is 2.56. The van der Waals surface area contributed by atoms with Crippen molar-refractivity contribution in [1.29, 1.82) is 0 Å². The molecule has 0 spiro atoms. The van der Waals surface area contributed by atoms with Crippen LogP contribution in [0.15, 0.2) is 36.7 Å². The predicted octanol–water partition coefficient (Wildman–Crippen LogP) is 3.06. The summed E-state index contributed by atoms with van der Waals surface area (Å²) in [6.07, 6.45) is 4.08. The average Bonchev–Trinajstić information content (AvgIpc) is 3.03. The van der Waals surface area contributed by atoms with E-state index in [1.165, 1.54) is 0 Å². The molecule has 142 valence electrons. The second-order valence-electron chi connectivity index (χ2n) is 7.61. The van der Waals surface area contributed by atoms with Crippen LogP contribution in [-0.2, 0) is 11.2 Å². The zero-order valence-corrected chi connectivity index (χ0v) is 16.3. The number of piperidine rings is 1. The van der Waals surface area contributed by atoms with E-state index in [2.05, 4.69) is 32.3 Å². The summed E-state index contributed by atoms with van der Waals surface area (Å²) in [6.45, 7) is 4.10. The monoisotopic (exact) mass is 394 g/mol. The highest BCUT2D eigenvalue weighted by atomic mass is 35.5. The first kappa shape index (κ1) is 17.3. The van der Waals surface area contributed by atoms with Crippen LogP contribution in [0.4, 0.5) is 5.82 Å². The molecule has 0 unspecified atom stereocenters. The Morgan fingerprint density at radius 2 is 2.14 bits per heavy atom. The van der Waals surface area contributed by atoms with Crippen molar-refractivity contribution in [3.8, 4) is 11.3 Å². The molecule has 0 bridgehead atoms. The average molecular weight is 395 g/mol. The smallest absolute Gasteiger partial charge is 0.232 e. The Balaban J connectivity index is 1.42. The number of rotatable bonds is 4. The number of aryl methyl sites for hydroxylation is 1. The van der Waals surface area contributed by atoms with E-state index in [0.29, 0.717) is 29.2 Å². The Morgan fingerprint density at radius 3 is 2.89 bits per heavy atom. The van der Waals surface area contributed by atoms with Crippen molar-refractivity contribution < 1.29 is 4.79 Å². The predicted molar refractivity (Wildman–Crippen MR) is 105 cm³/mol. The quantitative estimate of drug-likeness (QED) is 0.687. The third kappa shape index (κ3) is 2.69. The van der Waals surface area contributed by atoms with Gasteiger partial charge in [-0.2, -0.15) is 15.3 Å². The van der Waals surface area contributed by atoms with E-state index in [9.17, 15) is 4.79 Å². The standard InChI is InChI=1S/C20H19ClN6O/c1-10-18-14(7-12-3-4-16(21)22-9-12)20(28)27(19(10)18)17-8-15(25-26-17)13-5-6-23-24-11(13)2/h3-6,8-10,14,18-19H,7H2,1-2H3,(H,25,26)/t10-,14+,18-,19-/m0/s1. The molecule has 2 fully saturated rings. The van der Waals surface area contributed by atoms with E-state index < -0.39 is 0 Å². The van der Waals surface area contributed by atoms with Crippen molar-refractivity contribution in [3.05, 3.63) is 53.1 Å². The van der Waals surface area contributed by atoms with Crippen molar-refractivity contribution in [2.45, 2.75) is 26.3 Å². The van der Waals surface area contributed by atoms with Crippen LogP contribution in [0.5, 0.6) is 0 Å². The summed E-state index contributed by atoms with van der Waals surface area (Å²) in [5.41, 5.74) is 3.62. The van der Waals surface area contributed by atoms with E-state index >= 15 is 0 Å². The minimum absolute atomic E-state index is 0.0487. The molecule has 3 aromatic rings. The lowest BCUT2D eigenvalue weighted by Gasteiger charge is -2.20. The number of pyridine rings is 1. The van der Waals surface area contributed by atoms with Crippen LogP contribution in [0.3, 0.4) is 0 Å². The normalized spacial score (nSPS) is 25.8. The third-order valence-corrected chi connectivity index (χ3v) is 6.19. The number of hydrogen-bond acceptors (Lipinski definition) is 5. The fourth-order valence-corrected chi connectivity index (χ4v) is 4.62. The Kier molecular flexibility index (Phi) is 3.94. The molecule has 1 aliphatic heterocycles. The molecule has 7 nitrogen and oxygen atoms in total. The van der Waals surface area contributed by atoms with Crippen LogP contribution in [0, 0.1) is 24.7 Å². The molecule has 4 atom stereocenters. The Labute approximate surface area is 167 Å². The summed E-state index contributed by atoms with van der Waals surface area (Å²) in [7, 11) is 0. The first-order chi connectivity index (χ1) is 13.5. The van der Waals surface area contributed by atoms with Crippen LogP contribution in [0.2, 0.25) is 5.15 Å². The van der Waals surface area contributed by atoms with Gasteiger partial charge in [-0.1, -0.05) is 24.6 Å². The van der Waals surface area contributed by atoms with Gasteiger partial charge in [0.2, 0.25) is 5.91 Å². The third-order valence-electron chi connectivity index (χ3n) is 5.97. The van der Waals surface area contributed by atoms with Crippen LogP contribution in [0.1, 0.15) is 18.2 Å². The number of carbonyl (C=O) groups excluding carboxylic acids is 1. The van der Waals surface area contributed by atoms with E-state index in [1.807, 2.05) is 30.0 Å². The Hall–Kier alpha value is -2.80. The first-order valence-electron chi connectivity index (χ1n) is 9.32. The minimum Gasteiger partial charge on any atom is -0.291 e. The van der Waals surface area contributed by atoms with Crippen molar-refractivity contribution in [2.75, 3.05) is 4.90 Å². The van der Waals surface area contributed by atoms with Crippen molar-refractivity contribution in [2.24, 2.45) is 17.8 Å². The molecule has 0 aromatic carbocycles. The van der Waals surface area contributed by atoms with Gasteiger partial charge in [-0.25, -0.2) is 4.98 Å². The number of aromatic amines is 1. The second kappa shape index (κ2) is 6.38. The van der Waals surface area contributed by atoms with Gasteiger partial charge in [0.05, 0.1) is 17.6 Å². The van der Waals surface area contributed by atoms with E-state index in [-0.39, 0.29) is 17.9 Å². The molecular formula is C20H19ClN6O. The number of H-pyrrole nitrogens is 1. The highest BCUT2D eigenvalue weighted by Gasteiger charge is 2.64. The van der Waals surface area contributed by atoms with Crippen molar-refractivity contribution in [1.82, 2.24) is 25.4 Å². The maximum absolute atomic E-state index is 13.2. The second-order valence-corrected chi connectivity index (χ2v) is 7.99. The topological polar surface area (TPSA) is 87.7 Å². The zero-order chi connectivity index (χ0) is 19.4. The molecule has 1 saturated heterocycles. The van der Waals surface area contributed by atoms with E-state index in [0.717, 1.165) is 22.5 Å². The zero-order valence-electron chi connectivity index (χ0n) is 15.5. The van der Waals surface area contributed by atoms with Crippen molar-refractivity contribution in [3.63, 3.8) is 0 Å². The fourth-order valence-electron chi connectivity index (χ4n) is 4.50. The molecule has 4 heterocycles. The number of nitrogens with one attached hydrogen (secondary N) is 1. The van der Waals surface area contributed by atoms with Gasteiger partial charge in [-0.05, 0) is 42.9 Å². The van der Waals surface area contributed by atoms with E-state index in [4.69, 9.17) is 11.6 Å². The fraction of sp³-hybridized carbons (Fsp3) is 0.350. The summed E-state index contributed by atoms with van der Waals surface area (Å²) in [6, 6.07) is 7.75. The molecule has 3 aromatic heterocycles. The van der Waals surface area contributed by atoms with Gasteiger partial charge < -0.3 is 0 Å². The van der Waals surface area contributed by atoms with Crippen LogP contribution >= 0.6 is 11.6 Å². The number of fused-ring (bicyclic) bond motifs is 1. The van der Waals surface area contributed by atoms with Gasteiger partial charge in [0.15, 0.2) is 5.82 Å². The van der Waals surface area contributed by atoms with Gasteiger partial charge in [0.25, 0.3) is 0 Å².